The van der Waals surface area contributed by atoms with Crippen LogP contribution < -0.4 is 4.90 Å². The fraction of sp³-hybridized carbons (Fsp3) is 0.571. The monoisotopic (exact) mass is 273 g/mol. The lowest BCUT2D eigenvalue weighted by molar-refractivity contribution is -0.137. The van der Waals surface area contributed by atoms with Crippen molar-refractivity contribution in [2.24, 2.45) is 0 Å². The van der Waals surface area contributed by atoms with Gasteiger partial charge in [0.1, 0.15) is 0 Å². The number of likely N-dealkylation sites (N-methyl/N-ethyl adjacent to an activating group) is 1. The van der Waals surface area contributed by atoms with Crippen molar-refractivity contribution in [2.45, 2.75) is 44.5 Å². The summed E-state index contributed by atoms with van der Waals surface area (Å²) < 4.78 is 38.1. The molecule has 0 spiro atoms. The van der Waals surface area contributed by atoms with E-state index in [1.165, 1.54) is 6.07 Å². The van der Waals surface area contributed by atoms with E-state index in [9.17, 15) is 18.3 Å². The third-order valence-corrected chi connectivity index (χ3v) is 3.53. The standard InChI is InChI=1S/C14H18F3NO/c1-13(2,19)8-11-6-9-4-5-10(14(15,16)17)7-12(9)18(11)3/h4-5,7,11,19H,6,8H2,1-3H3. The van der Waals surface area contributed by atoms with Gasteiger partial charge in [-0.25, -0.2) is 0 Å². The van der Waals surface area contributed by atoms with Crippen molar-refractivity contribution >= 4 is 5.69 Å². The highest BCUT2D eigenvalue weighted by atomic mass is 19.4. The summed E-state index contributed by atoms with van der Waals surface area (Å²) in [4.78, 5) is 1.84. The first-order valence-corrected chi connectivity index (χ1v) is 6.23. The SMILES string of the molecule is CN1c2cc(C(F)(F)F)ccc2CC1CC(C)(C)O. The Morgan fingerprint density at radius 3 is 2.47 bits per heavy atom. The first-order chi connectivity index (χ1) is 8.58. The van der Waals surface area contributed by atoms with Crippen LogP contribution in [0.4, 0.5) is 18.9 Å². The molecular formula is C14H18F3NO. The molecule has 1 atom stereocenters. The maximum absolute atomic E-state index is 12.7. The normalized spacial score (nSPS) is 19.7. The molecule has 2 nitrogen and oxygen atoms in total. The molecule has 0 bridgehead atoms. The Kier molecular flexibility index (Phi) is 3.29. The molecule has 5 heteroatoms. The van der Waals surface area contributed by atoms with Gasteiger partial charge in [0.2, 0.25) is 0 Å². The molecule has 19 heavy (non-hydrogen) atoms. The molecule has 0 saturated heterocycles. The highest BCUT2D eigenvalue weighted by molar-refractivity contribution is 5.60. The van der Waals surface area contributed by atoms with Crippen molar-refractivity contribution < 1.29 is 18.3 Å². The third kappa shape index (κ3) is 3.03. The second-order valence-electron chi connectivity index (χ2n) is 5.83. The molecule has 1 aliphatic heterocycles. The molecule has 0 saturated carbocycles. The number of aliphatic hydroxyl groups is 1. The van der Waals surface area contributed by atoms with Crippen molar-refractivity contribution in [2.75, 3.05) is 11.9 Å². The van der Waals surface area contributed by atoms with Gasteiger partial charge in [-0.05, 0) is 44.4 Å². The van der Waals surface area contributed by atoms with Crippen LogP contribution in [0.1, 0.15) is 31.4 Å². The average molecular weight is 273 g/mol. The van der Waals surface area contributed by atoms with Crippen LogP contribution in [0.15, 0.2) is 18.2 Å². The van der Waals surface area contributed by atoms with Gasteiger partial charge in [-0.2, -0.15) is 13.2 Å². The molecule has 0 aliphatic carbocycles. The van der Waals surface area contributed by atoms with Crippen molar-refractivity contribution in [3.05, 3.63) is 29.3 Å². The quantitative estimate of drug-likeness (QED) is 0.894. The number of nitrogens with zero attached hydrogens (tertiary/aromatic N) is 1. The topological polar surface area (TPSA) is 23.5 Å². The highest BCUT2D eigenvalue weighted by Crippen LogP contribution is 2.38. The Labute approximate surface area is 110 Å². The maximum Gasteiger partial charge on any atom is 0.416 e. The second kappa shape index (κ2) is 4.40. The van der Waals surface area contributed by atoms with E-state index in [0.717, 1.165) is 11.6 Å². The first-order valence-electron chi connectivity index (χ1n) is 6.23. The van der Waals surface area contributed by atoms with E-state index in [1.807, 2.05) is 4.90 Å². The van der Waals surface area contributed by atoms with E-state index in [0.29, 0.717) is 18.5 Å². The summed E-state index contributed by atoms with van der Waals surface area (Å²) in [6.07, 6.45) is -3.11. The van der Waals surface area contributed by atoms with Crippen molar-refractivity contribution in [3.63, 3.8) is 0 Å². The van der Waals surface area contributed by atoms with Crippen LogP contribution in [0.5, 0.6) is 0 Å². The molecule has 0 aromatic heterocycles. The zero-order valence-electron chi connectivity index (χ0n) is 11.3. The van der Waals surface area contributed by atoms with Gasteiger partial charge in [0.25, 0.3) is 0 Å². The molecule has 0 amide bonds. The number of rotatable bonds is 2. The molecule has 106 valence electrons. The smallest absolute Gasteiger partial charge is 0.390 e. The van der Waals surface area contributed by atoms with E-state index in [4.69, 9.17) is 0 Å². The summed E-state index contributed by atoms with van der Waals surface area (Å²) in [6, 6.07) is 3.90. The number of fused-ring (bicyclic) bond motifs is 1. The fourth-order valence-corrected chi connectivity index (χ4v) is 2.61. The Morgan fingerprint density at radius 2 is 1.95 bits per heavy atom. The number of anilines is 1. The average Bonchev–Trinajstić information content (AvgIpc) is 2.52. The van der Waals surface area contributed by atoms with E-state index in [-0.39, 0.29) is 6.04 Å². The summed E-state index contributed by atoms with van der Waals surface area (Å²) in [5, 5.41) is 9.85. The molecule has 2 rings (SSSR count). The van der Waals surface area contributed by atoms with E-state index in [1.54, 1.807) is 27.0 Å². The lowest BCUT2D eigenvalue weighted by atomic mass is 9.96. The summed E-state index contributed by atoms with van der Waals surface area (Å²) >= 11 is 0. The zero-order chi connectivity index (χ0) is 14.4. The van der Waals surface area contributed by atoms with Crippen LogP contribution in [0.2, 0.25) is 0 Å². The largest absolute Gasteiger partial charge is 0.416 e. The number of hydrogen-bond acceptors (Lipinski definition) is 2. The number of hydrogen-bond donors (Lipinski definition) is 1. The van der Waals surface area contributed by atoms with Crippen LogP contribution >= 0.6 is 0 Å². The second-order valence-corrected chi connectivity index (χ2v) is 5.83. The number of halogens is 3. The van der Waals surface area contributed by atoms with Crippen LogP contribution in [0.25, 0.3) is 0 Å². The first kappa shape index (κ1) is 14.2. The minimum Gasteiger partial charge on any atom is -0.390 e. The molecule has 1 aliphatic rings. The molecule has 1 N–H and O–H groups in total. The Morgan fingerprint density at radius 1 is 1.32 bits per heavy atom. The van der Waals surface area contributed by atoms with Crippen LogP contribution in [0.3, 0.4) is 0 Å². The number of alkyl halides is 3. The minimum atomic E-state index is -4.32. The molecule has 1 heterocycles. The van der Waals surface area contributed by atoms with Gasteiger partial charge in [0.05, 0.1) is 11.2 Å². The van der Waals surface area contributed by atoms with Crippen LogP contribution in [-0.4, -0.2) is 23.8 Å². The third-order valence-electron chi connectivity index (χ3n) is 3.53. The molecule has 0 radical (unpaired) electrons. The lowest BCUT2D eigenvalue weighted by Gasteiger charge is -2.28. The van der Waals surface area contributed by atoms with E-state index >= 15 is 0 Å². The predicted octanol–water partition coefficient (Wildman–Crippen LogP) is 3.23. The van der Waals surface area contributed by atoms with Gasteiger partial charge in [0, 0.05) is 18.8 Å². The molecule has 0 fully saturated rings. The van der Waals surface area contributed by atoms with E-state index in [2.05, 4.69) is 0 Å². The Balaban J connectivity index is 2.27. The zero-order valence-corrected chi connectivity index (χ0v) is 11.3. The van der Waals surface area contributed by atoms with Crippen molar-refractivity contribution in [1.82, 2.24) is 0 Å². The highest BCUT2D eigenvalue weighted by Gasteiger charge is 2.35. The molecule has 1 aromatic rings. The Bertz CT molecular complexity index is 477. The Hall–Kier alpha value is -1.23. The fourth-order valence-electron chi connectivity index (χ4n) is 2.61. The van der Waals surface area contributed by atoms with Gasteiger partial charge in [0.15, 0.2) is 0 Å². The van der Waals surface area contributed by atoms with Gasteiger partial charge in [-0.15, -0.1) is 0 Å². The summed E-state index contributed by atoms with van der Waals surface area (Å²) in [5.74, 6) is 0. The molecule has 1 unspecified atom stereocenters. The lowest BCUT2D eigenvalue weighted by Crippen LogP contribution is -2.35. The number of benzene rings is 1. The van der Waals surface area contributed by atoms with Crippen molar-refractivity contribution in [1.29, 1.82) is 0 Å². The summed E-state index contributed by atoms with van der Waals surface area (Å²) in [6.45, 7) is 3.43. The summed E-state index contributed by atoms with van der Waals surface area (Å²) in [7, 11) is 1.78. The van der Waals surface area contributed by atoms with E-state index < -0.39 is 17.3 Å². The van der Waals surface area contributed by atoms with Crippen LogP contribution in [-0.2, 0) is 12.6 Å². The van der Waals surface area contributed by atoms with Gasteiger partial charge in [-0.1, -0.05) is 6.07 Å². The van der Waals surface area contributed by atoms with Gasteiger partial charge in [-0.3, -0.25) is 0 Å². The van der Waals surface area contributed by atoms with Gasteiger partial charge >= 0.3 is 6.18 Å². The van der Waals surface area contributed by atoms with Crippen molar-refractivity contribution in [3.8, 4) is 0 Å². The maximum atomic E-state index is 12.7. The molecule has 1 aromatic carbocycles. The minimum absolute atomic E-state index is 0.0403. The molecular weight excluding hydrogens is 255 g/mol. The summed E-state index contributed by atoms with van der Waals surface area (Å²) in [5.41, 5.74) is 0.0734. The van der Waals surface area contributed by atoms with Gasteiger partial charge < -0.3 is 10.0 Å². The predicted molar refractivity (Wildman–Crippen MR) is 68.3 cm³/mol. The van der Waals surface area contributed by atoms with Crippen LogP contribution in [0, 0.1) is 0 Å².